The van der Waals surface area contributed by atoms with Crippen LogP contribution in [0.5, 0.6) is 0 Å². The number of hydrogen-bond acceptors (Lipinski definition) is 3. The first-order valence-corrected chi connectivity index (χ1v) is 9.28. The maximum atomic E-state index is 15.6. The number of alkyl halides is 1. The average Bonchev–Trinajstić information content (AvgIpc) is 3.03. The largest absolute Gasteiger partial charge is 0.386 e. The van der Waals surface area contributed by atoms with E-state index >= 15 is 4.39 Å². The molecule has 138 valence electrons. The average molecular weight is 350 g/mol. The topological polar surface area (TPSA) is 47.6 Å². The van der Waals surface area contributed by atoms with Crippen molar-refractivity contribution in [1.29, 1.82) is 0 Å². The zero-order valence-corrected chi connectivity index (χ0v) is 15.2. The van der Waals surface area contributed by atoms with Gasteiger partial charge in [-0.3, -0.25) is 4.99 Å². The normalized spacial score (nSPS) is 31.0. The summed E-state index contributed by atoms with van der Waals surface area (Å²) < 4.78 is 35.7. The molecule has 0 amide bonds. The van der Waals surface area contributed by atoms with Gasteiger partial charge in [-0.15, -0.1) is 0 Å². The van der Waals surface area contributed by atoms with Crippen LogP contribution in [0.2, 0.25) is 0 Å². The number of nitrogens with two attached hydrogens (primary N) is 1. The van der Waals surface area contributed by atoms with Crippen molar-refractivity contribution in [1.82, 2.24) is 0 Å². The van der Waals surface area contributed by atoms with Gasteiger partial charge in [0.05, 0.1) is 6.61 Å². The summed E-state index contributed by atoms with van der Waals surface area (Å²) in [6.45, 7) is 3.17. The van der Waals surface area contributed by atoms with Gasteiger partial charge in [-0.2, -0.15) is 0 Å². The molecule has 0 aromatic heterocycles. The summed E-state index contributed by atoms with van der Waals surface area (Å²) in [6.07, 6.45) is 6.17. The molecule has 1 heterocycles. The Balaban J connectivity index is 2.05. The van der Waals surface area contributed by atoms with Crippen LogP contribution in [0.3, 0.4) is 0 Å². The van der Waals surface area contributed by atoms with Crippen molar-refractivity contribution in [2.24, 2.45) is 16.6 Å². The molecule has 0 radical (unpaired) electrons. The molecule has 3 nitrogen and oxygen atoms in total. The highest BCUT2D eigenvalue weighted by Crippen LogP contribution is 2.45. The first-order valence-electron chi connectivity index (χ1n) is 9.28. The van der Waals surface area contributed by atoms with Crippen molar-refractivity contribution < 1.29 is 13.5 Å². The van der Waals surface area contributed by atoms with Crippen LogP contribution in [0.1, 0.15) is 57.1 Å². The molecule has 1 aliphatic carbocycles. The van der Waals surface area contributed by atoms with Crippen LogP contribution in [-0.2, 0) is 16.7 Å². The summed E-state index contributed by atoms with van der Waals surface area (Å²) in [4.78, 5) is 4.44. The molecule has 1 fully saturated rings. The lowest BCUT2D eigenvalue weighted by molar-refractivity contribution is -0.00941. The van der Waals surface area contributed by atoms with E-state index in [9.17, 15) is 4.39 Å². The number of amidine groups is 1. The molecule has 2 aliphatic rings. The van der Waals surface area contributed by atoms with E-state index in [4.69, 9.17) is 10.5 Å². The van der Waals surface area contributed by atoms with Crippen LogP contribution in [0.15, 0.2) is 23.2 Å². The molecule has 25 heavy (non-hydrogen) atoms. The molecule has 1 aromatic rings. The van der Waals surface area contributed by atoms with E-state index in [0.717, 1.165) is 12.0 Å². The van der Waals surface area contributed by atoms with Gasteiger partial charge < -0.3 is 10.5 Å². The molecule has 1 saturated carbocycles. The Hall–Kier alpha value is -1.49. The van der Waals surface area contributed by atoms with Crippen LogP contribution in [0.25, 0.3) is 0 Å². The fourth-order valence-electron chi connectivity index (χ4n) is 4.40. The Labute approximate surface area is 148 Å². The van der Waals surface area contributed by atoms with Crippen molar-refractivity contribution in [3.05, 3.63) is 35.1 Å². The molecule has 0 spiro atoms. The quantitative estimate of drug-likeness (QED) is 0.881. The standard InChI is InChI=1S/C20H28F2N2O/c1-3-20(19(2,22)13-25-12-18(23)24-20)16-11-15(8-9-17(16)21)10-14-6-4-5-7-14/h8-9,11,14H,3-7,10,12-13H2,1-2H3,(H2,23,24)/t19?,20-/m1/s1. The monoisotopic (exact) mass is 350 g/mol. The second-order valence-corrected chi connectivity index (χ2v) is 7.68. The van der Waals surface area contributed by atoms with Gasteiger partial charge in [-0.05, 0) is 37.3 Å². The van der Waals surface area contributed by atoms with Crippen molar-refractivity contribution in [3.63, 3.8) is 0 Å². The number of aliphatic imine (C=N–C) groups is 1. The van der Waals surface area contributed by atoms with Gasteiger partial charge in [0.15, 0.2) is 5.67 Å². The molecule has 1 unspecified atom stereocenters. The van der Waals surface area contributed by atoms with Gasteiger partial charge in [-0.25, -0.2) is 8.78 Å². The summed E-state index contributed by atoms with van der Waals surface area (Å²) in [5.74, 6) is 0.418. The van der Waals surface area contributed by atoms with Gasteiger partial charge in [0.1, 0.15) is 23.8 Å². The first-order chi connectivity index (χ1) is 11.9. The summed E-state index contributed by atoms with van der Waals surface area (Å²) in [5, 5.41) is 0. The predicted octanol–water partition coefficient (Wildman–Crippen LogP) is 4.28. The first kappa shape index (κ1) is 18.3. The minimum absolute atomic E-state index is 0.0741. The maximum Gasteiger partial charge on any atom is 0.160 e. The molecule has 0 bridgehead atoms. The van der Waals surface area contributed by atoms with Crippen LogP contribution >= 0.6 is 0 Å². The molecule has 5 heteroatoms. The fourth-order valence-corrected chi connectivity index (χ4v) is 4.40. The van der Waals surface area contributed by atoms with Crippen LogP contribution in [0, 0.1) is 11.7 Å². The zero-order chi connectivity index (χ0) is 18.1. The van der Waals surface area contributed by atoms with E-state index < -0.39 is 17.0 Å². The third-order valence-electron chi connectivity index (χ3n) is 5.81. The number of ether oxygens (including phenoxy) is 1. The third-order valence-corrected chi connectivity index (χ3v) is 5.81. The van der Waals surface area contributed by atoms with Gasteiger partial charge >= 0.3 is 0 Å². The Kier molecular flexibility index (Phi) is 5.14. The molecular formula is C20H28F2N2O. The van der Waals surface area contributed by atoms with Crippen LogP contribution in [-0.4, -0.2) is 24.7 Å². The summed E-state index contributed by atoms with van der Waals surface area (Å²) in [5.41, 5.74) is 4.05. The highest BCUT2D eigenvalue weighted by molar-refractivity contribution is 5.82. The number of nitrogens with zero attached hydrogens (tertiary/aromatic N) is 1. The molecule has 1 aromatic carbocycles. The zero-order valence-electron chi connectivity index (χ0n) is 15.2. The van der Waals surface area contributed by atoms with Gasteiger partial charge in [0.25, 0.3) is 0 Å². The Bertz CT molecular complexity index is 653. The van der Waals surface area contributed by atoms with Crippen molar-refractivity contribution in [3.8, 4) is 0 Å². The minimum atomic E-state index is -1.84. The second kappa shape index (κ2) is 7.02. The number of rotatable bonds is 4. The second-order valence-electron chi connectivity index (χ2n) is 7.68. The number of benzene rings is 1. The van der Waals surface area contributed by atoms with Gasteiger partial charge in [0.2, 0.25) is 0 Å². The van der Waals surface area contributed by atoms with Crippen molar-refractivity contribution in [2.75, 3.05) is 13.2 Å². The van der Waals surface area contributed by atoms with E-state index in [-0.39, 0.29) is 19.0 Å². The van der Waals surface area contributed by atoms with Crippen molar-refractivity contribution >= 4 is 5.84 Å². The van der Waals surface area contributed by atoms with Crippen molar-refractivity contribution in [2.45, 2.75) is 63.6 Å². The van der Waals surface area contributed by atoms with E-state index in [1.807, 2.05) is 13.0 Å². The minimum Gasteiger partial charge on any atom is -0.386 e. The lowest BCUT2D eigenvalue weighted by Gasteiger charge is -2.39. The van der Waals surface area contributed by atoms with E-state index in [1.165, 1.54) is 38.7 Å². The molecular weight excluding hydrogens is 322 g/mol. The lowest BCUT2D eigenvalue weighted by Crippen LogP contribution is -2.48. The van der Waals surface area contributed by atoms with Crippen LogP contribution in [0.4, 0.5) is 8.78 Å². The molecule has 1 aliphatic heterocycles. The smallest absolute Gasteiger partial charge is 0.160 e. The van der Waals surface area contributed by atoms with E-state index in [0.29, 0.717) is 17.9 Å². The summed E-state index contributed by atoms with van der Waals surface area (Å²) in [6, 6.07) is 5.07. The van der Waals surface area contributed by atoms with Gasteiger partial charge in [-0.1, -0.05) is 44.7 Å². The highest BCUT2D eigenvalue weighted by atomic mass is 19.1. The summed E-state index contributed by atoms with van der Waals surface area (Å²) in [7, 11) is 0. The Morgan fingerprint density at radius 2 is 2.04 bits per heavy atom. The number of halogens is 2. The Morgan fingerprint density at radius 3 is 2.72 bits per heavy atom. The van der Waals surface area contributed by atoms with E-state index in [1.54, 1.807) is 6.07 Å². The fraction of sp³-hybridized carbons (Fsp3) is 0.650. The summed E-state index contributed by atoms with van der Waals surface area (Å²) >= 11 is 0. The molecule has 0 saturated heterocycles. The predicted molar refractivity (Wildman–Crippen MR) is 96.0 cm³/mol. The highest BCUT2D eigenvalue weighted by Gasteiger charge is 2.52. The lowest BCUT2D eigenvalue weighted by atomic mass is 9.74. The van der Waals surface area contributed by atoms with Gasteiger partial charge in [0, 0.05) is 5.56 Å². The van der Waals surface area contributed by atoms with E-state index in [2.05, 4.69) is 4.99 Å². The molecule has 3 rings (SSSR count). The maximum absolute atomic E-state index is 15.6. The third kappa shape index (κ3) is 3.43. The molecule has 2 atom stereocenters. The SMILES string of the molecule is CC[C@]1(c2cc(CC3CCCC3)ccc2F)N=C(N)COCC1(C)F. The van der Waals surface area contributed by atoms with Crippen LogP contribution < -0.4 is 5.73 Å². The molecule has 2 N–H and O–H groups in total. The Morgan fingerprint density at radius 1 is 1.32 bits per heavy atom. The number of hydrogen-bond donors (Lipinski definition) is 1.